The van der Waals surface area contributed by atoms with Gasteiger partial charge in [0, 0.05) is 11.6 Å². The second kappa shape index (κ2) is 4.54. The average Bonchev–Trinajstić information content (AvgIpc) is 2.66. The van der Waals surface area contributed by atoms with E-state index in [2.05, 4.69) is 0 Å². The number of amides is 1. The first-order valence-electron chi connectivity index (χ1n) is 5.85. The normalized spacial score (nSPS) is 20.9. The number of ether oxygens (including phenoxy) is 1. The number of hydrogen-bond acceptors (Lipinski definition) is 3. The van der Waals surface area contributed by atoms with Gasteiger partial charge < -0.3 is 20.3 Å². The lowest BCUT2D eigenvalue weighted by molar-refractivity contribution is -0.118. The third-order valence-electron chi connectivity index (χ3n) is 3.23. The molecule has 1 fully saturated rings. The molecule has 2 aliphatic rings. The summed E-state index contributed by atoms with van der Waals surface area (Å²) in [6, 6.07) is 5.52. The van der Waals surface area contributed by atoms with E-state index in [1.54, 1.807) is 11.0 Å². The van der Waals surface area contributed by atoms with E-state index in [1.165, 1.54) is 0 Å². The molecule has 2 heterocycles. The summed E-state index contributed by atoms with van der Waals surface area (Å²) in [7, 11) is 0. The monoisotopic (exact) mass is 297 g/mol. The van der Waals surface area contributed by atoms with Gasteiger partial charge in [0.2, 0.25) is 5.91 Å². The van der Waals surface area contributed by atoms with E-state index in [4.69, 9.17) is 34.3 Å². The summed E-state index contributed by atoms with van der Waals surface area (Å²) in [5.74, 6) is 0.360. The summed E-state index contributed by atoms with van der Waals surface area (Å²) in [5.41, 5.74) is 6.08. The zero-order chi connectivity index (χ0) is 13.6. The summed E-state index contributed by atoms with van der Waals surface area (Å²) < 4.78 is 5.69. The van der Waals surface area contributed by atoms with Crippen molar-refractivity contribution in [1.82, 2.24) is 4.90 Å². The first-order chi connectivity index (χ1) is 9.06. The number of thiocarbonyl (C=S) groups is 1. The minimum absolute atomic E-state index is 0.0952. The van der Waals surface area contributed by atoms with Gasteiger partial charge >= 0.3 is 0 Å². The van der Waals surface area contributed by atoms with E-state index in [0.717, 1.165) is 11.4 Å². The van der Waals surface area contributed by atoms with Gasteiger partial charge in [-0.2, -0.15) is 0 Å². The fourth-order valence-corrected chi connectivity index (χ4v) is 3.01. The van der Waals surface area contributed by atoms with Crippen molar-refractivity contribution in [2.75, 3.05) is 24.6 Å². The molecule has 0 aromatic heterocycles. The standard InChI is InChI=1S/C12H12ClN3O2S/c13-7-1-2-10-9(3-7)16-8(6-18-10)4-15(12(16)19)5-11(14)17/h1-3,8H,4-6H2,(H2,14,17). The van der Waals surface area contributed by atoms with Crippen LogP contribution >= 0.6 is 23.8 Å². The minimum Gasteiger partial charge on any atom is -0.489 e. The van der Waals surface area contributed by atoms with E-state index < -0.39 is 5.91 Å². The smallest absolute Gasteiger partial charge is 0.237 e. The van der Waals surface area contributed by atoms with Gasteiger partial charge in [-0.3, -0.25) is 4.79 Å². The molecular formula is C12H12ClN3O2S. The number of hydrogen-bond donors (Lipinski definition) is 1. The van der Waals surface area contributed by atoms with Gasteiger partial charge in [0.15, 0.2) is 5.11 Å². The van der Waals surface area contributed by atoms with Crippen molar-refractivity contribution >= 4 is 40.5 Å². The molecular weight excluding hydrogens is 286 g/mol. The van der Waals surface area contributed by atoms with Crippen LogP contribution in [0.4, 0.5) is 5.69 Å². The molecule has 100 valence electrons. The predicted molar refractivity (Wildman–Crippen MR) is 76.6 cm³/mol. The largest absolute Gasteiger partial charge is 0.489 e. The Bertz CT molecular complexity index is 566. The van der Waals surface area contributed by atoms with Crippen molar-refractivity contribution in [3.05, 3.63) is 23.2 Å². The number of primary amides is 1. The number of carbonyl (C=O) groups excluding carboxylic acids is 1. The van der Waals surface area contributed by atoms with E-state index in [9.17, 15) is 4.79 Å². The summed E-state index contributed by atoms with van der Waals surface area (Å²) in [5, 5.41) is 1.22. The highest BCUT2D eigenvalue weighted by molar-refractivity contribution is 7.80. The summed E-state index contributed by atoms with van der Waals surface area (Å²) >= 11 is 11.4. The Labute approximate surface area is 120 Å². The number of rotatable bonds is 2. The van der Waals surface area contributed by atoms with Crippen LogP contribution in [0.1, 0.15) is 0 Å². The molecule has 1 aromatic carbocycles. The molecule has 1 saturated heterocycles. The molecule has 19 heavy (non-hydrogen) atoms. The lowest BCUT2D eigenvalue weighted by atomic mass is 10.2. The van der Waals surface area contributed by atoms with Crippen LogP contribution < -0.4 is 15.4 Å². The lowest BCUT2D eigenvalue weighted by Crippen LogP contribution is -2.41. The molecule has 1 atom stereocenters. The molecule has 0 saturated carbocycles. The molecule has 7 heteroatoms. The molecule has 3 rings (SSSR count). The van der Waals surface area contributed by atoms with Crippen LogP contribution in [0.3, 0.4) is 0 Å². The Morgan fingerprint density at radius 2 is 2.37 bits per heavy atom. The molecule has 2 aliphatic heterocycles. The predicted octanol–water partition coefficient (Wildman–Crippen LogP) is 0.993. The fraction of sp³-hybridized carbons (Fsp3) is 0.333. The van der Waals surface area contributed by atoms with Crippen LogP contribution in [-0.4, -0.2) is 41.7 Å². The van der Waals surface area contributed by atoms with Gasteiger partial charge in [-0.1, -0.05) is 11.6 Å². The number of carbonyl (C=O) groups is 1. The van der Waals surface area contributed by atoms with Crippen LogP contribution in [0.25, 0.3) is 0 Å². The second-order valence-electron chi connectivity index (χ2n) is 4.58. The Balaban J connectivity index is 1.95. The Morgan fingerprint density at radius 3 is 3.11 bits per heavy atom. The van der Waals surface area contributed by atoms with Gasteiger partial charge in [-0.25, -0.2) is 0 Å². The summed E-state index contributed by atoms with van der Waals surface area (Å²) in [6.45, 7) is 1.29. The van der Waals surface area contributed by atoms with Gasteiger partial charge in [-0.15, -0.1) is 0 Å². The average molecular weight is 298 g/mol. The molecule has 2 N–H and O–H groups in total. The van der Waals surface area contributed by atoms with Gasteiger partial charge in [0.25, 0.3) is 0 Å². The van der Waals surface area contributed by atoms with E-state index in [1.807, 2.05) is 17.0 Å². The number of fused-ring (bicyclic) bond motifs is 3. The first-order valence-corrected chi connectivity index (χ1v) is 6.63. The first kappa shape index (κ1) is 12.5. The second-order valence-corrected chi connectivity index (χ2v) is 5.38. The molecule has 0 spiro atoms. The van der Waals surface area contributed by atoms with Crippen LogP contribution in [0.15, 0.2) is 18.2 Å². The SMILES string of the molecule is NC(=O)CN1CC2COc3ccc(Cl)cc3N2C1=S. The number of anilines is 1. The van der Waals surface area contributed by atoms with Crippen molar-refractivity contribution in [2.24, 2.45) is 5.73 Å². The van der Waals surface area contributed by atoms with Gasteiger partial charge in [0.1, 0.15) is 12.4 Å². The minimum atomic E-state index is -0.394. The van der Waals surface area contributed by atoms with Crippen molar-refractivity contribution < 1.29 is 9.53 Å². The number of nitrogens with two attached hydrogens (primary N) is 1. The zero-order valence-electron chi connectivity index (χ0n) is 10.0. The quantitative estimate of drug-likeness (QED) is 0.825. The lowest BCUT2D eigenvalue weighted by Gasteiger charge is -2.32. The number of nitrogens with zero attached hydrogens (tertiary/aromatic N) is 2. The van der Waals surface area contributed by atoms with Crippen LogP contribution in [-0.2, 0) is 4.79 Å². The summed E-state index contributed by atoms with van der Waals surface area (Å²) in [4.78, 5) is 14.8. The highest BCUT2D eigenvalue weighted by Crippen LogP contribution is 2.39. The highest BCUT2D eigenvalue weighted by Gasteiger charge is 2.40. The molecule has 1 unspecified atom stereocenters. The molecule has 0 aliphatic carbocycles. The maximum Gasteiger partial charge on any atom is 0.237 e. The van der Waals surface area contributed by atoms with Crippen LogP contribution in [0, 0.1) is 0 Å². The maximum atomic E-state index is 11.1. The molecule has 0 bridgehead atoms. The third-order valence-corrected chi connectivity index (χ3v) is 3.92. The summed E-state index contributed by atoms with van der Waals surface area (Å²) in [6.07, 6.45) is 0. The van der Waals surface area contributed by atoms with E-state index >= 15 is 0 Å². The molecule has 1 aromatic rings. The Hall–Kier alpha value is -1.53. The Kier molecular flexibility index (Phi) is 2.99. The molecule has 1 amide bonds. The van der Waals surface area contributed by atoms with Crippen molar-refractivity contribution in [2.45, 2.75) is 6.04 Å². The molecule has 5 nitrogen and oxygen atoms in total. The highest BCUT2D eigenvalue weighted by atomic mass is 35.5. The van der Waals surface area contributed by atoms with Gasteiger partial charge in [0.05, 0.1) is 18.3 Å². The maximum absolute atomic E-state index is 11.1. The van der Waals surface area contributed by atoms with Crippen molar-refractivity contribution in [3.63, 3.8) is 0 Å². The molecule has 0 radical (unpaired) electrons. The fourth-order valence-electron chi connectivity index (χ4n) is 2.46. The number of benzene rings is 1. The Morgan fingerprint density at radius 1 is 1.58 bits per heavy atom. The van der Waals surface area contributed by atoms with E-state index in [0.29, 0.717) is 23.3 Å². The number of halogens is 1. The van der Waals surface area contributed by atoms with E-state index in [-0.39, 0.29) is 12.6 Å². The van der Waals surface area contributed by atoms with Crippen LogP contribution in [0.5, 0.6) is 5.75 Å². The third kappa shape index (κ3) is 2.11. The van der Waals surface area contributed by atoms with Crippen LogP contribution in [0.2, 0.25) is 5.02 Å². The zero-order valence-corrected chi connectivity index (χ0v) is 11.6. The van der Waals surface area contributed by atoms with Gasteiger partial charge in [-0.05, 0) is 30.4 Å². The van der Waals surface area contributed by atoms with Crippen molar-refractivity contribution in [1.29, 1.82) is 0 Å². The van der Waals surface area contributed by atoms with Crippen molar-refractivity contribution in [3.8, 4) is 5.75 Å². The topological polar surface area (TPSA) is 58.8 Å².